The third-order valence-corrected chi connectivity index (χ3v) is 5.09. The van der Waals surface area contributed by atoms with Crippen molar-refractivity contribution in [3.8, 4) is 6.07 Å². The molecule has 4 rings (SSSR count). The number of rotatable bonds is 4. The van der Waals surface area contributed by atoms with Gasteiger partial charge in [0.1, 0.15) is 11.6 Å². The predicted molar refractivity (Wildman–Crippen MR) is 101 cm³/mol. The van der Waals surface area contributed by atoms with Crippen molar-refractivity contribution < 1.29 is 0 Å². The topological polar surface area (TPSA) is 73.6 Å². The molecule has 25 heavy (non-hydrogen) atoms. The summed E-state index contributed by atoms with van der Waals surface area (Å²) in [7, 11) is 0. The summed E-state index contributed by atoms with van der Waals surface area (Å²) in [6, 6.07) is 12.1. The number of anilines is 1. The molecule has 1 aliphatic heterocycles. The summed E-state index contributed by atoms with van der Waals surface area (Å²) >= 11 is 7.72. The van der Waals surface area contributed by atoms with E-state index in [0.717, 1.165) is 29.1 Å². The van der Waals surface area contributed by atoms with Crippen LogP contribution in [0.3, 0.4) is 0 Å². The Morgan fingerprint density at radius 1 is 1.32 bits per heavy atom. The third kappa shape index (κ3) is 3.48. The summed E-state index contributed by atoms with van der Waals surface area (Å²) in [6.07, 6.45) is 3.96. The summed E-state index contributed by atoms with van der Waals surface area (Å²) in [5, 5.41) is 19.6. The molecule has 1 aliphatic carbocycles. The molecule has 0 radical (unpaired) electrons. The number of nitriles is 1. The lowest BCUT2D eigenvalue weighted by molar-refractivity contribution is 1.04. The maximum absolute atomic E-state index is 9.65. The van der Waals surface area contributed by atoms with Gasteiger partial charge in [-0.15, -0.1) is 0 Å². The molecule has 0 atom stereocenters. The molecular formula is C18H14ClN5S. The Morgan fingerprint density at radius 3 is 2.92 bits per heavy atom. The molecule has 1 saturated carbocycles. The van der Waals surface area contributed by atoms with Crippen molar-refractivity contribution in [3.05, 3.63) is 63.2 Å². The van der Waals surface area contributed by atoms with Gasteiger partial charge in [0.05, 0.1) is 16.4 Å². The van der Waals surface area contributed by atoms with Crippen LogP contribution in [0, 0.1) is 11.3 Å². The summed E-state index contributed by atoms with van der Waals surface area (Å²) in [4.78, 5) is 8.70. The van der Waals surface area contributed by atoms with E-state index < -0.39 is 0 Å². The zero-order valence-electron chi connectivity index (χ0n) is 13.2. The van der Waals surface area contributed by atoms with Gasteiger partial charge in [-0.25, -0.2) is 9.97 Å². The van der Waals surface area contributed by atoms with Gasteiger partial charge in [0.15, 0.2) is 0 Å². The van der Waals surface area contributed by atoms with Crippen molar-refractivity contribution >= 4 is 40.6 Å². The standard InChI is InChI=1S/C18H14ClN5S/c19-14-4-2-1-3-12(14)16-10-25-17(23-16)13(9-20)15-7-8-21-18(24-15)22-11-5-6-11/h1-4,7-8,10-11,23H,5-6H2,(H,21,22,24)/b17-13-. The van der Waals surface area contributed by atoms with Gasteiger partial charge < -0.3 is 10.6 Å². The average molecular weight is 368 g/mol. The number of nitrogens with zero attached hydrogens (tertiary/aromatic N) is 3. The summed E-state index contributed by atoms with van der Waals surface area (Å²) in [5.74, 6) is 0.565. The number of hydrogen-bond acceptors (Lipinski definition) is 6. The summed E-state index contributed by atoms with van der Waals surface area (Å²) < 4.78 is 0. The van der Waals surface area contributed by atoms with E-state index in [2.05, 4.69) is 26.7 Å². The lowest BCUT2D eigenvalue weighted by atomic mass is 10.1. The Hall–Kier alpha value is -2.49. The summed E-state index contributed by atoms with van der Waals surface area (Å²) in [6.45, 7) is 0. The molecule has 0 bridgehead atoms. The molecule has 2 heterocycles. The number of hydrogen-bond donors (Lipinski definition) is 2. The molecule has 124 valence electrons. The predicted octanol–water partition coefficient (Wildman–Crippen LogP) is 4.23. The Kier molecular flexibility index (Phi) is 4.35. The first-order valence-corrected chi connectivity index (χ1v) is 9.13. The number of aromatic nitrogens is 2. The maximum Gasteiger partial charge on any atom is 0.223 e. The van der Waals surface area contributed by atoms with E-state index >= 15 is 0 Å². The highest BCUT2D eigenvalue weighted by Crippen LogP contribution is 2.36. The van der Waals surface area contributed by atoms with Crippen LogP contribution in [-0.2, 0) is 0 Å². The van der Waals surface area contributed by atoms with Gasteiger partial charge >= 0.3 is 0 Å². The van der Waals surface area contributed by atoms with Crippen LogP contribution in [0.25, 0.3) is 11.3 Å². The van der Waals surface area contributed by atoms with Crippen LogP contribution >= 0.6 is 23.4 Å². The van der Waals surface area contributed by atoms with E-state index in [1.165, 1.54) is 11.8 Å². The molecule has 2 aliphatic rings. The number of benzene rings is 1. The van der Waals surface area contributed by atoms with E-state index in [4.69, 9.17) is 11.6 Å². The van der Waals surface area contributed by atoms with Crippen molar-refractivity contribution in [1.82, 2.24) is 15.3 Å². The molecule has 0 spiro atoms. The first-order valence-electron chi connectivity index (χ1n) is 7.87. The highest BCUT2D eigenvalue weighted by atomic mass is 35.5. The van der Waals surface area contributed by atoms with Crippen molar-refractivity contribution in [1.29, 1.82) is 5.26 Å². The van der Waals surface area contributed by atoms with E-state index in [-0.39, 0.29) is 0 Å². The Bertz CT molecular complexity index is 927. The smallest absolute Gasteiger partial charge is 0.223 e. The monoisotopic (exact) mass is 367 g/mol. The zero-order valence-corrected chi connectivity index (χ0v) is 14.7. The molecule has 2 N–H and O–H groups in total. The number of halogens is 1. The van der Waals surface area contributed by atoms with Gasteiger partial charge in [-0.2, -0.15) is 5.26 Å². The number of thioether (sulfide) groups is 1. The SMILES string of the molecule is N#C/C(=C1\NC(c2ccccc2Cl)=CS1)c1ccnc(NC2CC2)n1. The highest BCUT2D eigenvalue weighted by Gasteiger charge is 2.23. The molecule has 7 heteroatoms. The molecule has 1 fully saturated rings. The second-order valence-electron chi connectivity index (χ2n) is 5.75. The fraction of sp³-hybridized carbons (Fsp3) is 0.167. The van der Waals surface area contributed by atoms with Crippen LogP contribution in [0.1, 0.15) is 24.1 Å². The Labute approximate surface area is 154 Å². The molecule has 2 aromatic rings. The van der Waals surface area contributed by atoms with E-state index in [9.17, 15) is 5.26 Å². The van der Waals surface area contributed by atoms with Crippen LogP contribution in [-0.4, -0.2) is 16.0 Å². The molecule has 0 unspecified atom stereocenters. The van der Waals surface area contributed by atoms with Crippen molar-refractivity contribution in [3.63, 3.8) is 0 Å². The van der Waals surface area contributed by atoms with Gasteiger partial charge in [0.25, 0.3) is 0 Å². The lowest BCUT2D eigenvalue weighted by Gasteiger charge is -2.09. The van der Waals surface area contributed by atoms with Gasteiger partial charge in [0.2, 0.25) is 5.95 Å². The van der Waals surface area contributed by atoms with Crippen LogP contribution in [0.2, 0.25) is 5.02 Å². The zero-order chi connectivity index (χ0) is 17.2. The fourth-order valence-corrected chi connectivity index (χ4v) is 3.53. The quantitative estimate of drug-likeness (QED) is 0.788. The van der Waals surface area contributed by atoms with Crippen molar-refractivity contribution in [2.24, 2.45) is 0 Å². The third-order valence-electron chi connectivity index (χ3n) is 3.87. The van der Waals surface area contributed by atoms with E-state index in [1.807, 2.05) is 29.7 Å². The first kappa shape index (κ1) is 16.0. The van der Waals surface area contributed by atoms with Crippen LogP contribution in [0.4, 0.5) is 5.95 Å². The highest BCUT2D eigenvalue weighted by molar-refractivity contribution is 8.06. The summed E-state index contributed by atoms with van der Waals surface area (Å²) in [5.41, 5.74) is 2.88. The van der Waals surface area contributed by atoms with E-state index in [1.54, 1.807) is 12.3 Å². The lowest BCUT2D eigenvalue weighted by Crippen LogP contribution is -2.09. The second kappa shape index (κ2) is 6.79. The average Bonchev–Trinajstić information content (AvgIpc) is 3.31. The minimum absolute atomic E-state index is 0.459. The van der Waals surface area contributed by atoms with E-state index in [0.29, 0.717) is 28.3 Å². The minimum Gasteiger partial charge on any atom is -0.351 e. The number of allylic oxidation sites excluding steroid dienone is 1. The van der Waals surface area contributed by atoms with Gasteiger partial charge in [-0.1, -0.05) is 41.6 Å². The molecule has 1 aromatic heterocycles. The minimum atomic E-state index is 0.459. The molecular weight excluding hydrogens is 354 g/mol. The molecule has 0 saturated heterocycles. The normalized spacial score (nSPS) is 18.2. The second-order valence-corrected chi connectivity index (χ2v) is 7.04. The van der Waals surface area contributed by atoms with Crippen LogP contribution in [0.5, 0.6) is 0 Å². The molecule has 1 aromatic carbocycles. The maximum atomic E-state index is 9.65. The van der Waals surface area contributed by atoms with Crippen molar-refractivity contribution in [2.75, 3.05) is 5.32 Å². The molecule has 0 amide bonds. The molecule has 5 nitrogen and oxygen atoms in total. The van der Waals surface area contributed by atoms with Gasteiger partial charge in [-0.05, 0) is 25.0 Å². The Balaban J connectivity index is 1.61. The van der Waals surface area contributed by atoms with Crippen LogP contribution in [0.15, 0.2) is 47.0 Å². The first-order chi connectivity index (χ1) is 12.2. The van der Waals surface area contributed by atoms with Gasteiger partial charge in [-0.3, -0.25) is 0 Å². The Morgan fingerprint density at radius 2 is 2.16 bits per heavy atom. The van der Waals surface area contributed by atoms with Crippen molar-refractivity contribution in [2.45, 2.75) is 18.9 Å². The van der Waals surface area contributed by atoms with Crippen LogP contribution < -0.4 is 10.6 Å². The largest absolute Gasteiger partial charge is 0.351 e. The number of nitrogens with one attached hydrogen (secondary N) is 2. The van der Waals surface area contributed by atoms with Gasteiger partial charge in [0, 0.05) is 28.2 Å². The fourth-order valence-electron chi connectivity index (χ4n) is 2.43.